The van der Waals surface area contributed by atoms with E-state index in [-0.39, 0.29) is 49.9 Å². The van der Waals surface area contributed by atoms with E-state index in [9.17, 15) is 0 Å². The molecule has 8 unspecified atom stereocenters. The zero-order chi connectivity index (χ0) is 33.4. The number of hydrogen-bond donors (Lipinski definition) is 0. The predicted octanol–water partition coefficient (Wildman–Crippen LogP) is 8.97. The smallest absolute Gasteiger partial charge is 0.285 e. The molecule has 0 aromatic heterocycles. The molecule has 0 bridgehead atoms. The topological polar surface area (TPSA) is 77.5 Å². The van der Waals surface area contributed by atoms with Crippen molar-refractivity contribution in [3.8, 4) is 0 Å². The molecule has 1 saturated heterocycles. The summed E-state index contributed by atoms with van der Waals surface area (Å²) in [5.41, 5.74) is -3.36. The molecule has 0 amide bonds. The summed E-state index contributed by atoms with van der Waals surface area (Å²) in [6.45, 7) is 17.1. The lowest BCUT2D eigenvalue weighted by atomic mass is 9.87. The van der Waals surface area contributed by atoms with Crippen molar-refractivity contribution in [1.82, 2.24) is 9.34 Å². The summed E-state index contributed by atoms with van der Waals surface area (Å²) < 4.78 is 60.5. The molecule has 0 radical (unpaired) electrons. The molecule has 5 aliphatic rings. The lowest BCUT2D eigenvalue weighted by Crippen LogP contribution is -2.49. The quantitative estimate of drug-likeness (QED) is 0.213. The van der Waals surface area contributed by atoms with E-state index in [1.165, 1.54) is 0 Å². The van der Waals surface area contributed by atoms with Crippen molar-refractivity contribution in [2.45, 2.75) is 77.8 Å². The molecule has 0 aromatic rings. The number of rotatable bonds is 10. The Morgan fingerprint density at radius 3 is 0.870 bits per heavy atom. The van der Waals surface area contributed by atoms with Crippen LogP contribution in [0.15, 0.2) is 97.2 Å². The van der Waals surface area contributed by atoms with Crippen LogP contribution >= 0.6 is 15.5 Å². The number of hydrogen-bond acceptors (Lipinski definition) is 6. The minimum Gasteiger partial charge on any atom is -0.285 e. The van der Waals surface area contributed by atoms with E-state index < -0.39 is 37.9 Å². The second kappa shape index (κ2) is 13.2. The van der Waals surface area contributed by atoms with Gasteiger partial charge in [-0.1, -0.05) is 125 Å². The lowest BCUT2D eigenvalue weighted by molar-refractivity contribution is -0.00941. The largest absolute Gasteiger partial charge is 0.409 e. The van der Waals surface area contributed by atoms with Crippen LogP contribution in [0.1, 0.15) is 55.4 Å². The van der Waals surface area contributed by atoms with Crippen LogP contribution in [0.5, 0.6) is 0 Å². The van der Waals surface area contributed by atoms with Crippen molar-refractivity contribution in [2.24, 2.45) is 23.7 Å². The summed E-state index contributed by atoms with van der Waals surface area (Å²) in [5.74, 6) is -0.0910. The summed E-state index contributed by atoms with van der Waals surface area (Å²) >= 11 is 0. The van der Waals surface area contributed by atoms with Crippen LogP contribution in [0, 0.1) is 23.7 Å². The SMILES string of the molecule is CC1C=CC=CC1(C)OP(=O)(OC1(C)C=CC=CC1C)N1CCN(P(=O)(OC2(C)C=CC=CC2C)OC2(C)C=CC=CC2C)CC1. The third-order valence-electron chi connectivity index (χ3n) is 10.5. The molecule has 0 aromatic carbocycles. The van der Waals surface area contributed by atoms with Gasteiger partial charge in [0.05, 0.1) is 0 Å². The van der Waals surface area contributed by atoms with Gasteiger partial charge in [-0.25, -0.2) is 18.5 Å². The van der Waals surface area contributed by atoms with Crippen LogP contribution in [0.4, 0.5) is 0 Å². The maximum Gasteiger partial charge on any atom is 0.409 e. The maximum atomic E-state index is 15.2. The molecule has 0 spiro atoms. The van der Waals surface area contributed by atoms with E-state index in [2.05, 4.69) is 0 Å². The highest BCUT2D eigenvalue weighted by Crippen LogP contribution is 2.64. The molecule has 8 atom stereocenters. The molecule has 4 aliphatic carbocycles. The van der Waals surface area contributed by atoms with Gasteiger partial charge in [0.2, 0.25) is 0 Å². The second-order valence-corrected chi connectivity index (χ2v) is 17.8. The minimum atomic E-state index is -3.91. The standard InChI is InChI=1S/C36H52N2O6P2/c1-29-17-9-13-21-33(29,5)41-45(39,42-34(6)22-14-10-18-30(34)2)37-25-27-38(28-26-37)46(40,43-35(7)23-15-11-19-31(35)3)44-36(8)24-16-12-20-32(36)4/h9-24,29-32H,25-28H2,1-8H3. The van der Waals surface area contributed by atoms with Gasteiger partial charge in [0, 0.05) is 49.9 Å². The molecule has 8 nitrogen and oxygen atoms in total. The first-order chi connectivity index (χ1) is 21.6. The molecule has 1 heterocycles. The second-order valence-electron chi connectivity index (χ2n) is 14.1. The molecular weight excluding hydrogens is 618 g/mol. The van der Waals surface area contributed by atoms with Gasteiger partial charge in [-0.2, -0.15) is 0 Å². The van der Waals surface area contributed by atoms with Gasteiger partial charge < -0.3 is 0 Å². The minimum absolute atomic E-state index is 0.0228. The summed E-state index contributed by atoms with van der Waals surface area (Å²) in [5, 5.41) is 0. The van der Waals surface area contributed by atoms with Crippen molar-refractivity contribution in [1.29, 1.82) is 0 Å². The molecule has 46 heavy (non-hydrogen) atoms. The zero-order valence-electron chi connectivity index (χ0n) is 28.6. The summed E-state index contributed by atoms with van der Waals surface area (Å²) in [4.78, 5) is 0. The fourth-order valence-corrected chi connectivity index (χ4v) is 10.9. The molecular formula is C36H52N2O6P2. The Morgan fingerprint density at radius 1 is 0.457 bits per heavy atom. The first-order valence-corrected chi connectivity index (χ1v) is 19.5. The van der Waals surface area contributed by atoms with Gasteiger partial charge >= 0.3 is 15.5 Å². The highest BCUT2D eigenvalue weighted by Gasteiger charge is 2.52. The lowest BCUT2D eigenvalue weighted by Gasteiger charge is -2.48. The highest BCUT2D eigenvalue weighted by atomic mass is 31.2. The summed E-state index contributed by atoms with van der Waals surface area (Å²) in [7, 11) is -7.82. The van der Waals surface area contributed by atoms with E-state index in [4.69, 9.17) is 18.1 Å². The van der Waals surface area contributed by atoms with Gasteiger partial charge in [0.1, 0.15) is 22.4 Å². The van der Waals surface area contributed by atoms with Crippen molar-refractivity contribution in [2.75, 3.05) is 26.2 Å². The number of allylic oxidation sites excluding steroid dienone is 8. The van der Waals surface area contributed by atoms with E-state index in [1.54, 1.807) is 9.34 Å². The first kappa shape index (κ1) is 35.4. The Labute approximate surface area is 276 Å². The zero-order valence-corrected chi connectivity index (χ0v) is 30.4. The average molecular weight is 671 g/mol. The van der Waals surface area contributed by atoms with Gasteiger partial charge in [-0.3, -0.25) is 18.1 Å². The van der Waals surface area contributed by atoms with Crippen LogP contribution < -0.4 is 0 Å². The highest BCUT2D eigenvalue weighted by molar-refractivity contribution is 7.52. The molecule has 252 valence electrons. The third-order valence-corrected chi connectivity index (χ3v) is 15.2. The summed E-state index contributed by atoms with van der Waals surface area (Å²) in [6.07, 6.45) is 31.6. The van der Waals surface area contributed by atoms with Gasteiger partial charge in [0.15, 0.2) is 0 Å². The van der Waals surface area contributed by atoms with Crippen LogP contribution in [-0.4, -0.2) is 57.9 Å². The van der Waals surface area contributed by atoms with E-state index in [0.29, 0.717) is 0 Å². The maximum absolute atomic E-state index is 15.2. The Morgan fingerprint density at radius 2 is 0.674 bits per heavy atom. The Bertz CT molecular complexity index is 1290. The van der Waals surface area contributed by atoms with Gasteiger partial charge in [-0.05, 0) is 27.7 Å². The predicted molar refractivity (Wildman–Crippen MR) is 186 cm³/mol. The van der Waals surface area contributed by atoms with Crippen LogP contribution in [0.25, 0.3) is 0 Å². The molecule has 0 N–H and O–H groups in total. The van der Waals surface area contributed by atoms with Crippen LogP contribution in [0.2, 0.25) is 0 Å². The monoisotopic (exact) mass is 670 g/mol. The first-order valence-electron chi connectivity index (χ1n) is 16.5. The normalized spacial score (nSPS) is 41.9. The van der Waals surface area contributed by atoms with Crippen molar-refractivity contribution in [3.63, 3.8) is 0 Å². The number of nitrogens with zero attached hydrogens (tertiary/aromatic N) is 2. The van der Waals surface area contributed by atoms with Crippen molar-refractivity contribution in [3.05, 3.63) is 97.2 Å². The Hall–Kier alpha value is -1.86. The van der Waals surface area contributed by atoms with Crippen LogP contribution in [0.3, 0.4) is 0 Å². The fourth-order valence-electron chi connectivity index (χ4n) is 6.17. The third kappa shape index (κ3) is 7.11. The van der Waals surface area contributed by atoms with E-state index in [1.807, 2.05) is 153 Å². The Balaban J connectivity index is 1.43. The summed E-state index contributed by atoms with van der Waals surface area (Å²) in [6, 6.07) is 0. The molecule has 5 rings (SSSR count). The van der Waals surface area contributed by atoms with Gasteiger partial charge in [0.25, 0.3) is 0 Å². The van der Waals surface area contributed by atoms with Crippen LogP contribution in [-0.2, 0) is 27.2 Å². The van der Waals surface area contributed by atoms with Crippen molar-refractivity contribution >= 4 is 15.5 Å². The Kier molecular flexibility index (Phi) is 10.2. The molecule has 0 saturated carbocycles. The number of piperazine rings is 1. The fraction of sp³-hybridized carbons (Fsp3) is 0.556. The van der Waals surface area contributed by atoms with Crippen molar-refractivity contribution < 1.29 is 27.2 Å². The average Bonchev–Trinajstić information content (AvgIpc) is 2.99. The molecule has 1 aliphatic heterocycles. The molecule has 10 heteroatoms. The van der Waals surface area contributed by atoms with Gasteiger partial charge in [-0.15, -0.1) is 0 Å². The van der Waals surface area contributed by atoms with E-state index >= 15 is 9.13 Å². The van der Waals surface area contributed by atoms with E-state index in [0.717, 1.165) is 0 Å². The molecule has 1 fully saturated rings.